The number of halogens is 1. The van der Waals surface area contributed by atoms with Gasteiger partial charge in [0, 0.05) is 16.2 Å². The fourth-order valence-electron chi connectivity index (χ4n) is 3.41. The van der Waals surface area contributed by atoms with Gasteiger partial charge in [-0.3, -0.25) is 9.59 Å². The van der Waals surface area contributed by atoms with Gasteiger partial charge in [0.1, 0.15) is 12.0 Å². The molecule has 4 atom stereocenters. The fraction of sp³-hybridized carbons (Fsp3) is 0.471. The predicted octanol–water partition coefficient (Wildman–Crippen LogP) is -2.60. The van der Waals surface area contributed by atoms with Crippen LogP contribution < -0.4 is 56.5 Å². The number of aliphatic hydroxyl groups excluding tert-OH is 1. The summed E-state index contributed by atoms with van der Waals surface area (Å²) < 4.78 is -0.751. The molecule has 3 rings (SSSR count). The molecule has 2 heterocycles. The normalized spacial score (nSPS) is 27.2. The van der Waals surface area contributed by atoms with Crippen LogP contribution in [-0.2, 0) is 15.5 Å². The van der Waals surface area contributed by atoms with Gasteiger partial charge in [0.25, 0.3) is 0 Å². The molecule has 0 bridgehead atoms. The maximum Gasteiger partial charge on any atom is 1.00 e. The summed E-state index contributed by atoms with van der Waals surface area (Å²) in [5, 5.41) is 21.3. The Labute approximate surface area is 203 Å². The molecule has 0 radical (unpaired) electrons. The van der Waals surface area contributed by atoms with Crippen LogP contribution >= 0.6 is 23.4 Å². The van der Waals surface area contributed by atoms with Crippen molar-refractivity contribution in [2.24, 2.45) is 5.92 Å². The van der Waals surface area contributed by atoms with Crippen LogP contribution in [0.15, 0.2) is 24.3 Å². The van der Waals surface area contributed by atoms with Crippen LogP contribution in [0.5, 0.6) is 0 Å². The van der Waals surface area contributed by atoms with Crippen LogP contribution in [0.2, 0.25) is 0 Å². The number of amides is 1. The minimum Gasteiger partial charge on any atom is -0.548 e. The summed E-state index contributed by atoms with van der Waals surface area (Å²) in [6.07, 6.45) is -1.51. The number of carboxylic acid groups (broad SMARTS) is 1. The number of nitrogens with zero attached hydrogens (tertiary/aromatic N) is 1. The number of Topliss-reactive ketones (excluding diaryl/α,β-unsaturated/α-hetero) is 1. The molecule has 0 unspecified atom stereocenters. The monoisotopic (exact) mass is 421 g/mol. The van der Waals surface area contributed by atoms with E-state index >= 15 is 0 Å². The Hall–Kier alpha value is 0.0664. The first-order valence-electron chi connectivity index (χ1n) is 7.77. The second-order valence-corrected chi connectivity index (χ2v) is 8.78. The summed E-state index contributed by atoms with van der Waals surface area (Å²) in [5.41, 5.74) is 1.12. The average Bonchev–Trinajstić information content (AvgIpc) is 2.82. The summed E-state index contributed by atoms with van der Waals surface area (Å²) in [7, 11) is 0. The van der Waals surface area contributed by atoms with E-state index in [-0.39, 0.29) is 56.9 Å². The first-order chi connectivity index (χ1) is 11.7. The molecule has 0 aromatic heterocycles. The third-order valence-electron chi connectivity index (χ3n) is 4.71. The third-order valence-corrected chi connectivity index (χ3v) is 6.61. The SMILES string of the molecule is CC1(C)S[C@@H]2[C@H]([C@H](O)C(=O)c3ccc(CCl)cc3)C(=O)N2[C@H]1C(=O)[O-].[K+]. The van der Waals surface area contributed by atoms with Crippen molar-refractivity contribution in [3.05, 3.63) is 35.4 Å². The van der Waals surface area contributed by atoms with Crippen molar-refractivity contribution in [3.8, 4) is 0 Å². The number of ketones is 1. The van der Waals surface area contributed by atoms with Crippen LogP contribution in [0.3, 0.4) is 0 Å². The number of thioether (sulfide) groups is 1. The number of hydrogen-bond acceptors (Lipinski definition) is 6. The van der Waals surface area contributed by atoms with Gasteiger partial charge in [-0.05, 0) is 19.4 Å². The molecule has 1 amide bonds. The van der Waals surface area contributed by atoms with E-state index in [9.17, 15) is 24.6 Å². The molecule has 6 nitrogen and oxygen atoms in total. The first kappa shape index (κ1) is 22.4. The fourth-order valence-corrected chi connectivity index (χ4v) is 5.30. The zero-order valence-electron chi connectivity index (χ0n) is 14.6. The maximum atomic E-state index is 12.5. The van der Waals surface area contributed by atoms with Crippen LogP contribution in [0.25, 0.3) is 0 Å². The van der Waals surface area contributed by atoms with Crippen molar-refractivity contribution in [2.75, 3.05) is 0 Å². The summed E-state index contributed by atoms with van der Waals surface area (Å²) in [5.74, 6) is -3.06. The van der Waals surface area contributed by atoms with E-state index in [1.54, 1.807) is 38.1 Å². The molecule has 2 fully saturated rings. The summed E-state index contributed by atoms with van der Waals surface area (Å²) >= 11 is 6.98. The molecule has 134 valence electrons. The van der Waals surface area contributed by atoms with Gasteiger partial charge in [-0.15, -0.1) is 23.4 Å². The summed E-state index contributed by atoms with van der Waals surface area (Å²) in [6, 6.07) is 5.40. The third kappa shape index (κ3) is 3.67. The average molecular weight is 422 g/mol. The second kappa shape index (κ2) is 8.20. The zero-order valence-corrected chi connectivity index (χ0v) is 19.3. The molecule has 2 aliphatic heterocycles. The topological polar surface area (TPSA) is 97.7 Å². The molecule has 0 saturated carbocycles. The Balaban J connectivity index is 0.00000243. The predicted molar refractivity (Wildman–Crippen MR) is 90.9 cm³/mol. The number of β-lactam (4-membered cyclic amide) rings is 1. The minimum absolute atomic E-state index is 0. The number of fused-ring (bicyclic) bond motifs is 1. The quantitative estimate of drug-likeness (QED) is 0.242. The molecule has 2 saturated heterocycles. The van der Waals surface area contributed by atoms with Crippen LogP contribution in [0.1, 0.15) is 29.8 Å². The van der Waals surface area contributed by atoms with E-state index in [1.807, 2.05) is 0 Å². The molecular formula is C17H17ClKNO5S. The Morgan fingerprint density at radius 1 is 1.35 bits per heavy atom. The molecule has 1 aromatic carbocycles. The van der Waals surface area contributed by atoms with E-state index in [4.69, 9.17) is 11.6 Å². The number of aliphatic hydroxyl groups is 1. The molecule has 0 aliphatic carbocycles. The standard InChI is InChI=1S/C17H18ClNO5S.K/c1-17(2)13(16(23)24)19-14(22)10(15(19)25-17)12(21)11(20)9-5-3-8(7-18)4-6-9;/h3-6,10,12-13,15,21H,7H2,1-2H3,(H,23,24);/q;+1/p-1/t10-,12+,13+,15-;/m1./s1. The number of carbonyl (C=O) groups excluding carboxylic acids is 3. The Kier molecular flexibility index (Phi) is 7.05. The Bertz CT molecular complexity index is 741. The van der Waals surface area contributed by atoms with Crippen molar-refractivity contribution in [1.82, 2.24) is 4.90 Å². The molecule has 1 aromatic rings. The number of carboxylic acids is 1. The smallest absolute Gasteiger partial charge is 0.548 e. The van der Waals surface area contributed by atoms with Crippen molar-refractivity contribution in [2.45, 2.75) is 42.0 Å². The molecule has 26 heavy (non-hydrogen) atoms. The van der Waals surface area contributed by atoms with Crippen LogP contribution in [0.4, 0.5) is 0 Å². The van der Waals surface area contributed by atoms with E-state index in [2.05, 4.69) is 0 Å². The van der Waals surface area contributed by atoms with Gasteiger partial charge >= 0.3 is 51.4 Å². The van der Waals surface area contributed by atoms with E-state index in [1.165, 1.54) is 16.7 Å². The first-order valence-corrected chi connectivity index (χ1v) is 9.18. The Morgan fingerprint density at radius 3 is 2.42 bits per heavy atom. The van der Waals surface area contributed by atoms with Gasteiger partial charge in [-0.25, -0.2) is 0 Å². The number of aliphatic carboxylic acids is 1. The van der Waals surface area contributed by atoms with E-state index < -0.39 is 45.8 Å². The number of rotatable bonds is 5. The van der Waals surface area contributed by atoms with Crippen LogP contribution in [-0.4, -0.2) is 49.9 Å². The number of benzene rings is 1. The van der Waals surface area contributed by atoms with Gasteiger partial charge in [-0.2, -0.15) is 0 Å². The van der Waals surface area contributed by atoms with Gasteiger partial charge < -0.3 is 19.9 Å². The van der Waals surface area contributed by atoms with Crippen molar-refractivity contribution >= 4 is 41.0 Å². The van der Waals surface area contributed by atoms with Gasteiger partial charge in [-0.1, -0.05) is 24.3 Å². The van der Waals surface area contributed by atoms with Crippen molar-refractivity contribution in [3.63, 3.8) is 0 Å². The summed E-state index contributed by atoms with van der Waals surface area (Å²) in [4.78, 5) is 37.5. The number of carbonyl (C=O) groups is 3. The van der Waals surface area contributed by atoms with E-state index in [0.29, 0.717) is 5.88 Å². The largest absolute Gasteiger partial charge is 1.00 e. The summed E-state index contributed by atoms with van der Waals surface area (Å²) in [6.45, 7) is 3.42. The number of hydrogen-bond donors (Lipinski definition) is 1. The number of alkyl halides is 1. The molecular weight excluding hydrogens is 405 g/mol. The molecule has 1 N–H and O–H groups in total. The second-order valence-electron chi connectivity index (χ2n) is 6.74. The van der Waals surface area contributed by atoms with Gasteiger partial charge in [0.2, 0.25) is 5.91 Å². The van der Waals surface area contributed by atoms with Crippen LogP contribution in [0, 0.1) is 5.92 Å². The van der Waals surface area contributed by atoms with Crippen molar-refractivity contribution in [1.29, 1.82) is 0 Å². The van der Waals surface area contributed by atoms with Gasteiger partial charge in [0.15, 0.2) is 5.78 Å². The molecule has 0 spiro atoms. The van der Waals surface area contributed by atoms with Crippen molar-refractivity contribution < 1.29 is 76.0 Å². The molecule has 9 heteroatoms. The minimum atomic E-state index is -1.51. The van der Waals surface area contributed by atoms with E-state index in [0.717, 1.165) is 5.56 Å². The van der Waals surface area contributed by atoms with Gasteiger partial charge in [0.05, 0.1) is 17.4 Å². The molecule has 2 aliphatic rings. The maximum absolute atomic E-state index is 12.5. The zero-order chi connectivity index (χ0) is 18.5. The Morgan fingerprint density at radius 2 is 1.92 bits per heavy atom.